The number of methoxy groups -OCH3 is 1. The summed E-state index contributed by atoms with van der Waals surface area (Å²) in [5.74, 6) is 0.482. The lowest BCUT2D eigenvalue weighted by Crippen LogP contribution is -2.40. The Morgan fingerprint density at radius 3 is 2.38 bits per heavy atom. The van der Waals surface area contributed by atoms with Crippen molar-refractivity contribution < 1.29 is 23.4 Å². The van der Waals surface area contributed by atoms with E-state index >= 15 is 0 Å². The highest BCUT2D eigenvalue weighted by Gasteiger charge is 2.35. The number of aromatic nitrogens is 1. The second-order valence-corrected chi connectivity index (χ2v) is 12.6. The van der Waals surface area contributed by atoms with E-state index in [1.807, 2.05) is 60.7 Å². The molecule has 0 radical (unpaired) electrons. The summed E-state index contributed by atoms with van der Waals surface area (Å²) in [5.41, 5.74) is 4.72. The van der Waals surface area contributed by atoms with Crippen molar-refractivity contribution in [2.75, 3.05) is 13.7 Å². The number of hydrogen-bond donors (Lipinski definition) is 0. The predicted molar refractivity (Wildman–Crippen MR) is 185 cm³/mol. The molecule has 6 rings (SSSR count). The highest BCUT2D eigenvalue weighted by molar-refractivity contribution is 7.07. The summed E-state index contributed by atoms with van der Waals surface area (Å²) in [6, 6.07) is 28.3. The Morgan fingerprint density at radius 1 is 0.979 bits per heavy atom. The number of ether oxygens (including phenoxy) is 3. The van der Waals surface area contributed by atoms with E-state index in [2.05, 4.69) is 13.8 Å². The van der Waals surface area contributed by atoms with E-state index in [0.717, 1.165) is 27.8 Å². The van der Waals surface area contributed by atoms with Crippen LogP contribution in [0.4, 0.5) is 4.39 Å². The van der Waals surface area contributed by atoms with Crippen LogP contribution in [-0.4, -0.2) is 24.3 Å². The van der Waals surface area contributed by atoms with Crippen molar-refractivity contribution in [3.8, 4) is 11.5 Å². The van der Waals surface area contributed by atoms with Gasteiger partial charge in [0.15, 0.2) is 16.3 Å². The summed E-state index contributed by atoms with van der Waals surface area (Å²) in [5, 5.41) is 0. The van der Waals surface area contributed by atoms with E-state index in [1.54, 1.807) is 48.9 Å². The lowest BCUT2D eigenvalue weighted by molar-refractivity contribution is -0.138. The average Bonchev–Trinajstić information content (AvgIpc) is 3.41. The number of esters is 1. The molecule has 1 atom stereocenters. The molecule has 7 nitrogen and oxygen atoms in total. The highest BCUT2D eigenvalue weighted by atomic mass is 32.1. The summed E-state index contributed by atoms with van der Waals surface area (Å²) in [4.78, 5) is 33.4. The van der Waals surface area contributed by atoms with Gasteiger partial charge in [-0.25, -0.2) is 14.2 Å². The molecule has 0 unspecified atom stereocenters. The van der Waals surface area contributed by atoms with Crippen molar-refractivity contribution in [2.24, 2.45) is 4.99 Å². The monoisotopic (exact) mass is 662 g/mol. The van der Waals surface area contributed by atoms with E-state index < -0.39 is 12.0 Å². The van der Waals surface area contributed by atoms with Gasteiger partial charge in [0.25, 0.3) is 5.56 Å². The van der Waals surface area contributed by atoms with Gasteiger partial charge in [0.2, 0.25) is 0 Å². The smallest absolute Gasteiger partial charge is 0.338 e. The fourth-order valence-corrected chi connectivity index (χ4v) is 6.61. The number of carbonyl (C=O) groups excluding carboxylic acids is 1. The Hall–Kier alpha value is -5.28. The Kier molecular flexibility index (Phi) is 9.68. The Morgan fingerprint density at radius 2 is 1.71 bits per heavy atom. The fraction of sp³-hybridized carbons (Fsp3) is 0.205. The van der Waals surface area contributed by atoms with Crippen LogP contribution in [0.2, 0.25) is 0 Å². The van der Waals surface area contributed by atoms with Gasteiger partial charge in [-0.3, -0.25) is 9.36 Å². The second kappa shape index (κ2) is 14.2. The molecule has 1 aliphatic rings. The van der Waals surface area contributed by atoms with Gasteiger partial charge in [0.1, 0.15) is 12.4 Å². The van der Waals surface area contributed by atoms with Gasteiger partial charge < -0.3 is 14.2 Å². The maximum absolute atomic E-state index is 14.3. The highest BCUT2D eigenvalue weighted by Crippen LogP contribution is 2.36. The maximum Gasteiger partial charge on any atom is 0.338 e. The maximum atomic E-state index is 14.3. The lowest BCUT2D eigenvalue weighted by atomic mass is 9.91. The number of halogens is 1. The minimum Gasteiger partial charge on any atom is -0.493 e. The molecule has 5 aromatic rings. The SMILES string of the molecule is CCOC(=O)C1=C(c2ccccc2)N=c2s/c(=C\c3ccc(OCc4ccc(F)cc4)c(OC)c3)c(=O)n2[C@@H]1c1ccc(C(C)C)cc1. The number of nitrogens with zero attached hydrogens (tertiary/aromatic N) is 2. The van der Waals surface area contributed by atoms with Crippen molar-refractivity contribution >= 4 is 29.1 Å². The van der Waals surface area contributed by atoms with Gasteiger partial charge in [-0.2, -0.15) is 0 Å². The summed E-state index contributed by atoms with van der Waals surface area (Å²) in [7, 11) is 1.55. The van der Waals surface area contributed by atoms with Gasteiger partial charge in [-0.1, -0.05) is 98.0 Å². The predicted octanol–water partition coefficient (Wildman–Crippen LogP) is 6.79. The van der Waals surface area contributed by atoms with Gasteiger partial charge in [-0.05, 0) is 65.4 Å². The first kappa shape index (κ1) is 32.7. The standard InChI is InChI=1S/C39H35FN2O5S/c1-5-46-38(44)34-35(28-9-7-6-8-10-28)41-39-42(36(34)29-16-14-27(15-17-29)24(2)3)37(43)33(48-39)22-26-13-20-31(32(21-26)45-4)47-23-25-11-18-30(40)19-12-25/h6-22,24,36H,5,23H2,1-4H3/b33-22-/t36-/m1/s1. The minimum absolute atomic E-state index is 0.180. The fourth-order valence-electron chi connectivity index (χ4n) is 5.61. The van der Waals surface area contributed by atoms with E-state index in [1.165, 1.54) is 23.5 Å². The largest absolute Gasteiger partial charge is 0.493 e. The zero-order valence-electron chi connectivity index (χ0n) is 27.1. The van der Waals surface area contributed by atoms with Crippen LogP contribution in [0.25, 0.3) is 11.8 Å². The quantitative estimate of drug-likeness (QED) is 0.154. The second-order valence-electron chi connectivity index (χ2n) is 11.6. The molecule has 48 heavy (non-hydrogen) atoms. The van der Waals surface area contributed by atoms with Crippen LogP contribution in [-0.2, 0) is 16.1 Å². The van der Waals surface area contributed by atoms with Crippen molar-refractivity contribution in [1.29, 1.82) is 0 Å². The number of rotatable bonds is 10. The first-order valence-electron chi connectivity index (χ1n) is 15.7. The van der Waals surface area contributed by atoms with Crippen LogP contribution in [0.1, 0.15) is 60.5 Å². The molecule has 4 aromatic carbocycles. The van der Waals surface area contributed by atoms with Gasteiger partial charge >= 0.3 is 5.97 Å². The van der Waals surface area contributed by atoms with Crippen LogP contribution in [0.15, 0.2) is 112 Å². The molecule has 0 amide bonds. The van der Waals surface area contributed by atoms with Crippen LogP contribution in [0.3, 0.4) is 0 Å². The number of thiazole rings is 1. The van der Waals surface area contributed by atoms with Gasteiger partial charge in [0.05, 0.1) is 35.6 Å². The molecule has 1 aliphatic heterocycles. The lowest BCUT2D eigenvalue weighted by Gasteiger charge is -2.26. The molecule has 0 N–H and O–H groups in total. The Labute approximate surface area is 281 Å². The number of fused-ring (bicyclic) bond motifs is 1. The van der Waals surface area contributed by atoms with Crippen molar-refractivity contribution in [3.05, 3.63) is 156 Å². The van der Waals surface area contributed by atoms with Crippen LogP contribution in [0, 0.1) is 5.82 Å². The summed E-state index contributed by atoms with van der Waals surface area (Å²) in [6.45, 7) is 6.41. The Balaban J connectivity index is 1.47. The van der Waals surface area contributed by atoms with E-state index in [-0.39, 0.29) is 24.6 Å². The van der Waals surface area contributed by atoms with E-state index in [0.29, 0.717) is 38.0 Å². The third-order valence-corrected chi connectivity index (χ3v) is 9.07. The van der Waals surface area contributed by atoms with E-state index in [9.17, 15) is 14.0 Å². The Bertz CT molecular complexity index is 2150. The molecule has 1 aromatic heterocycles. The zero-order chi connectivity index (χ0) is 33.8. The number of carbonyl (C=O) groups is 1. The number of hydrogen-bond acceptors (Lipinski definition) is 7. The molecule has 0 fully saturated rings. The third-order valence-electron chi connectivity index (χ3n) is 8.09. The first-order chi connectivity index (χ1) is 23.3. The summed E-state index contributed by atoms with van der Waals surface area (Å²) >= 11 is 1.25. The average molecular weight is 663 g/mol. The molecular weight excluding hydrogens is 628 g/mol. The van der Waals surface area contributed by atoms with Crippen LogP contribution < -0.4 is 24.4 Å². The molecule has 2 heterocycles. The topological polar surface area (TPSA) is 79.1 Å². The normalized spacial score (nSPS) is 14.5. The molecule has 0 saturated heterocycles. The molecule has 0 saturated carbocycles. The van der Waals surface area contributed by atoms with E-state index in [4.69, 9.17) is 19.2 Å². The van der Waals surface area contributed by atoms with Crippen LogP contribution >= 0.6 is 11.3 Å². The van der Waals surface area contributed by atoms with Crippen molar-refractivity contribution in [1.82, 2.24) is 4.57 Å². The molecule has 9 heteroatoms. The summed E-state index contributed by atoms with van der Waals surface area (Å²) in [6.07, 6.45) is 1.78. The molecule has 244 valence electrons. The molecular formula is C39H35FN2O5S. The first-order valence-corrected chi connectivity index (χ1v) is 16.5. The van der Waals surface area contributed by atoms with Crippen molar-refractivity contribution in [2.45, 2.75) is 39.3 Å². The number of benzene rings is 4. The summed E-state index contributed by atoms with van der Waals surface area (Å²) < 4.78 is 32.5. The minimum atomic E-state index is -0.754. The zero-order valence-corrected chi connectivity index (χ0v) is 27.9. The molecule has 0 aliphatic carbocycles. The van der Waals surface area contributed by atoms with Gasteiger partial charge in [0, 0.05) is 5.56 Å². The van der Waals surface area contributed by atoms with Gasteiger partial charge in [-0.15, -0.1) is 0 Å². The van der Waals surface area contributed by atoms with Crippen molar-refractivity contribution in [3.63, 3.8) is 0 Å². The molecule has 0 spiro atoms. The molecule has 0 bridgehead atoms. The van der Waals surface area contributed by atoms with Crippen LogP contribution in [0.5, 0.6) is 11.5 Å². The third kappa shape index (κ3) is 6.73.